The van der Waals surface area contributed by atoms with Crippen LogP contribution in [0.1, 0.15) is 22.3 Å². The Balaban J connectivity index is 1.20. The van der Waals surface area contributed by atoms with Gasteiger partial charge in [0.2, 0.25) is 0 Å². The highest BCUT2D eigenvalue weighted by atomic mass is 15.1. The molecular formula is C44H29N3. The Morgan fingerprint density at radius 2 is 0.936 bits per heavy atom. The molecule has 7 aromatic carbocycles. The van der Waals surface area contributed by atoms with E-state index in [1.165, 1.54) is 44.6 Å². The van der Waals surface area contributed by atoms with Gasteiger partial charge in [0.05, 0.1) is 22.1 Å². The van der Waals surface area contributed by atoms with E-state index in [1.807, 2.05) is 0 Å². The number of benzene rings is 7. The van der Waals surface area contributed by atoms with Gasteiger partial charge in [-0.15, -0.1) is 0 Å². The van der Waals surface area contributed by atoms with Crippen LogP contribution in [0.5, 0.6) is 0 Å². The monoisotopic (exact) mass is 599 g/mol. The molecule has 0 N–H and O–H groups in total. The molecule has 1 aliphatic carbocycles. The van der Waals surface area contributed by atoms with E-state index in [0.29, 0.717) is 0 Å². The molecule has 0 bridgehead atoms. The minimum atomic E-state index is -0.424. The molecule has 1 spiro atoms. The van der Waals surface area contributed by atoms with Crippen LogP contribution < -0.4 is 4.90 Å². The molecule has 220 valence electrons. The van der Waals surface area contributed by atoms with E-state index in [2.05, 4.69) is 185 Å². The molecule has 1 aromatic heterocycles. The Bertz CT molecular complexity index is 2370. The molecule has 1 aliphatic heterocycles. The third-order valence-electron chi connectivity index (χ3n) is 9.99. The Hall–Kier alpha value is -6.19. The van der Waals surface area contributed by atoms with Crippen molar-refractivity contribution in [1.82, 2.24) is 9.55 Å². The molecule has 0 fully saturated rings. The largest absolute Gasteiger partial charge is 0.311 e. The molecule has 2 heterocycles. The predicted molar refractivity (Wildman–Crippen MR) is 192 cm³/mol. The molecule has 10 rings (SSSR count). The molecule has 3 nitrogen and oxygen atoms in total. The first-order valence-electron chi connectivity index (χ1n) is 16.2. The highest BCUT2D eigenvalue weighted by molar-refractivity contribution is 5.97. The average molecular weight is 600 g/mol. The van der Waals surface area contributed by atoms with Gasteiger partial charge in [0.1, 0.15) is 5.82 Å². The van der Waals surface area contributed by atoms with Gasteiger partial charge in [-0.3, -0.25) is 4.57 Å². The lowest BCUT2D eigenvalue weighted by atomic mass is 9.65. The van der Waals surface area contributed by atoms with Gasteiger partial charge in [-0.2, -0.15) is 0 Å². The van der Waals surface area contributed by atoms with E-state index in [4.69, 9.17) is 4.98 Å². The summed E-state index contributed by atoms with van der Waals surface area (Å²) in [5.74, 6) is 0.951. The van der Waals surface area contributed by atoms with E-state index >= 15 is 0 Å². The molecule has 0 radical (unpaired) electrons. The lowest BCUT2D eigenvalue weighted by Gasteiger charge is -2.39. The van der Waals surface area contributed by atoms with Crippen LogP contribution in [-0.2, 0) is 5.41 Å². The molecule has 2 aliphatic rings. The molecule has 8 aromatic rings. The number of para-hydroxylation sites is 4. The van der Waals surface area contributed by atoms with Gasteiger partial charge in [-0.1, -0.05) is 115 Å². The van der Waals surface area contributed by atoms with Crippen molar-refractivity contribution in [2.75, 3.05) is 4.90 Å². The average Bonchev–Trinajstić information content (AvgIpc) is 3.68. The zero-order chi connectivity index (χ0) is 31.0. The minimum Gasteiger partial charge on any atom is -0.311 e. The highest BCUT2D eigenvalue weighted by Crippen LogP contribution is 2.60. The van der Waals surface area contributed by atoms with Gasteiger partial charge >= 0.3 is 0 Å². The number of rotatable bonds is 4. The van der Waals surface area contributed by atoms with Crippen molar-refractivity contribution in [3.63, 3.8) is 0 Å². The van der Waals surface area contributed by atoms with Crippen LogP contribution in [0.2, 0.25) is 0 Å². The van der Waals surface area contributed by atoms with Crippen molar-refractivity contribution in [3.8, 4) is 28.2 Å². The second kappa shape index (κ2) is 9.90. The van der Waals surface area contributed by atoms with Crippen molar-refractivity contribution in [2.45, 2.75) is 5.41 Å². The summed E-state index contributed by atoms with van der Waals surface area (Å²) in [5, 5.41) is 0. The van der Waals surface area contributed by atoms with E-state index in [9.17, 15) is 0 Å². The van der Waals surface area contributed by atoms with Crippen LogP contribution in [0.25, 0.3) is 39.2 Å². The van der Waals surface area contributed by atoms with Crippen LogP contribution in [-0.4, -0.2) is 9.55 Å². The van der Waals surface area contributed by atoms with Gasteiger partial charge in [-0.25, -0.2) is 4.98 Å². The highest BCUT2D eigenvalue weighted by Gasteiger charge is 2.50. The summed E-state index contributed by atoms with van der Waals surface area (Å²) in [6, 6.07) is 63.4. The Morgan fingerprint density at radius 1 is 0.426 bits per heavy atom. The maximum atomic E-state index is 5.36. The van der Waals surface area contributed by atoms with E-state index in [0.717, 1.165) is 34.0 Å². The number of nitrogens with zero attached hydrogens (tertiary/aromatic N) is 3. The normalized spacial score (nSPS) is 13.3. The number of anilines is 3. The number of fused-ring (bicyclic) bond motifs is 9. The van der Waals surface area contributed by atoms with Gasteiger partial charge < -0.3 is 4.90 Å². The van der Waals surface area contributed by atoms with Crippen LogP contribution >= 0.6 is 0 Å². The van der Waals surface area contributed by atoms with E-state index < -0.39 is 5.41 Å². The van der Waals surface area contributed by atoms with E-state index in [1.54, 1.807) is 0 Å². The molecule has 3 heteroatoms. The van der Waals surface area contributed by atoms with Gasteiger partial charge in [-0.05, 0) is 94.0 Å². The third-order valence-corrected chi connectivity index (χ3v) is 9.99. The van der Waals surface area contributed by atoms with Crippen LogP contribution in [0.4, 0.5) is 17.1 Å². The summed E-state index contributed by atoms with van der Waals surface area (Å²) in [6.45, 7) is 0. The maximum Gasteiger partial charge on any atom is 0.145 e. The fourth-order valence-electron chi connectivity index (χ4n) is 8.16. The van der Waals surface area contributed by atoms with Crippen LogP contribution in [0.3, 0.4) is 0 Å². The smallest absolute Gasteiger partial charge is 0.145 e. The zero-order valence-electron chi connectivity index (χ0n) is 25.6. The second-order valence-corrected chi connectivity index (χ2v) is 12.4. The van der Waals surface area contributed by atoms with Crippen molar-refractivity contribution in [3.05, 3.63) is 198 Å². The lowest BCUT2D eigenvalue weighted by Crippen LogP contribution is -2.33. The first-order chi connectivity index (χ1) is 23.3. The topological polar surface area (TPSA) is 21.1 Å². The van der Waals surface area contributed by atoms with Crippen LogP contribution in [0, 0.1) is 0 Å². The third kappa shape index (κ3) is 3.54. The minimum absolute atomic E-state index is 0.424. The summed E-state index contributed by atoms with van der Waals surface area (Å²) in [4.78, 5) is 7.65. The zero-order valence-corrected chi connectivity index (χ0v) is 25.6. The molecule has 0 amide bonds. The summed E-state index contributed by atoms with van der Waals surface area (Å²) < 4.78 is 2.40. The Morgan fingerprint density at radius 3 is 1.57 bits per heavy atom. The molecule has 47 heavy (non-hydrogen) atoms. The Labute approximate surface area is 273 Å². The number of imidazole rings is 1. The van der Waals surface area contributed by atoms with Crippen molar-refractivity contribution >= 4 is 28.1 Å². The summed E-state index contributed by atoms with van der Waals surface area (Å²) >= 11 is 0. The lowest BCUT2D eigenvalue weighted by molar-refractivity contribution is 0.746. The van der Waals surface area contributed by atoms with E-state index in [-0.39, 0.29) is 0 Å². The van der Waals surface area contributed by atoms with Crippen LogP contribution in [0.15, 0.2) is 176 Å². The van der Waals surface area contributed by atoms with Crippen molar-refractivity contribution in [1.29, 1.82) is 0 Å². The Kier molecular flexibility index (Phi) is 5.49. The molecule has 0 unspecified atom stereocenters. The quantitative estimate of drug-likeness (QED) is 0.201. The van der Waals surface area contributed by atoms with Crippen molar-refractivity contribution < 1.29 is 0 Å². The molecule has 0 saturated heterocycles. The van der Waals surface area contributed by atoms with Gasteiger partial charge in [0.15, 0.2) is 0 Å². The fourth-order valence-corrected chi connectivity index (χ4v) is 8.16. The first kappa shape index (κ1) is 26.1. The van der Waals surface area contributed by atoms with Gasteiger partial charge in [0, 0.05) is 22.6 Å². The second-order valence-electron chi connectivity index (χ2n) is 12.4. The summed E-state index contributed by atoms with van der Waals surface area (Å²) in [5.41, 5.74) is 15.2. The number of aromatic nitrogens is 2. The standard InChI is InChI=1S/C44H29N3/c1-3-14-31(15-4-1)46(32-16-5-2-6-17-32)33-28-26-30(27-29-33)43-45-40-24-13-23-39-42(40)47(43)41-25-12-11-22-38(41)44(39)36-20-9-7-18-34(36)35-19-8-10-21-37(35)44/h1-29H. The van der Waals surface area contributed by atoms with Gasteiger partial charge in [0.25, 0.3) is 0 Å². The fraction of sp³-hybridized carbons (Fsp3) is 0.0227. The molecule has 0 atom stereocenters. The molecule has 0 saturated carbocycles. The predicted octanol–water partition coefficient (Wildman–Crippen LogP) is 10.8. The maximum absolute atomic E-state index is 5.36. The number of hydrogen-bond donors (Lipinski definition) is 0. The first-order valence-corrected chi connectivity index (χ1v) is 16.2. The van der Waals surface area contributed by atoms with Crippen molar-refractivity contribution in [2.24, 2.45) is 0 Å². The SMILES string of the molecule is c1ccc(N(c2ccccc2)c2ccc(-c3nc4cccc5c4n3-c3ccccc3C53c4ccccc4-c4ccccc43)cc2)cc1. The number of hydrogen-bond acceptors (Lipinski definition) is 2. The summed E-state index contributed by atoms with van der Waals surface area (Å²) in [6.07, 6.45) is 0. The summed E-state index contributed by atoms with van der Waals surface area (Å²) in [7, 11) is 0. The molecular weight excluding hydrogens is 571 g/mol.